The Kier molecular flexibility index (Phi) is 3.93. The average molecular weight is 254 g/mol. The third-order valence-electron chi connectivity index (χ3n) is 3.80. The maximum atomic E-state index is 11.9. The van der Waals surface area contributed by atoms with Gasteiger partial charge in [-0.2, -0.15) is 0 Å². The quantitative estimate of drug-likeness (QED) is 0.587. The van der Waals surface area contributed by atoms with Crippen LogP contribution in [0.25, 0.3) is 0 Å². The predicted octanol–water partition coefficient (Wildman–Crippen LogP) is 4.03. The summed E-state index contributed by atoms with van der Waals surface area (Å²) in [6.07, 6.45) is 5.56. The lowest BCUT2D eigenvalue weighted by molar-refractivity contribution is 0.0988. The van der Waals surface area contributed by atoms with Crippen LogP contribution < -0.4 is 0 Å². The van der Waals surface area contributed by atoms with E-state index in [0.29, 0.717) is 18.3 Å². The highest BCUT2D eigenvalue weighted by Gasteiger charge is 2.23. The van der Waals surface area contributed by atoms with Crippen molar-refractivity contribution in [1.29, 1.82) is 0 Å². The molecule has 17 heavy (non-hydrogen) atoms. The largest absolute Gasteiger partial charge is 0.345 e. The molecule has 0 unspecified atom stereocenters. The molecule has 0 saturated heterocycles. The van der Waals surface area contributed by atoms with E-state index in [1.54, 1.807) is 0 Å². The number of aromatic nitrogens is 1. The van der Waals surface area contributed by atoms with Crippen LogP contribution in [0.3, 0.4) is 0 Å². The van der Waals surface area contributed by atoms with Gasteiger partial charge in [-0.25, -0.2) is 0 Å². The van der Waals surface area contributed by atoms with Gasteiger partial charge in [-0.3, -0.25) is 4.79 Å². The summed E-state index contributed by atoms with van der Waals surface area (Å²) in [6.45, 7) is 4.16. The standard InChI is InChI=1S/C14H20ClNO/c1-10-9-13(14(17)7-8-15)11(2)16(10)12-5-3-4-6-12/h9,12H,3-8H2,1-2H3. The second kappa shape index (κ2) is 5.26. The van der Waals surface area contributed by atoms with Crippen LogP contribution in [0.15, 0.2) is 6.07 Å². The van der Waals surface area contributed by atoms with Gasteiger partial charge in [0.15, 0.2) is 5.78 Å². The third kappa shape index (κ3) is 2.42. The molecule has 0 spiro atoms. The number of alkyl halides is 1. The van der Waals surface area contributed by atoms with Crippen molar-refractivity contribution in [3.63, 3.8) is 0 Å². The molecule has 1 fully saturated rings. The van der Waals surface area contributed by atoms with Crippen LogP contribution >= 0.6 is 11.6 Å². The minimum Gasteiger partial charge on any atom is -0.345 e. The summed E-state index contributed by atoms with van der Waals surface area (Å²) < 4.78 is 2.36. The van der Waals surface area contributed by atoms with Gasteiger partial charge in [-0.05, 0) is 32.8 Å². The molecular formula is C14H20ClNO. The van der Waals surface area contributed by atoms with Crippen LogP contribution in [-0.4, -0.2) is 16.2 Å². The van der Waals surface area contributed by atoms with E-state index < -0.39 is 0 Å². The zero-order valence-electron chi connectivity index (χ0n) is 10.6. The van der Waals surface area contributed by atoms with E-state index in [-0.39, 0.29) is 5.78 Å². The molecule has 0 N–H and O–H groups in total. The lowest BCUT2D eigenvalue weighted by atomic mass is 10.1. The fraction of sp³-hybridized carbons (Fsp3) is 0.643. The Morgan fingerprint density at radius 3 is 2.65 bits per heavy atom. The van der Waals surface area contributed by atoms with Gasteiger partial charge in [0, 0.05) is 35.3 Å². The second-order valence-corrected chi connectivity index (χ2v) is 5.33. The van der Waals surface area contributed by atoms with E-state index in [1.807, 2.05) is 6.07 Å². The van der Waals surface area contributed by atoms with E-state index >= 15 is 0 Å². The van der Waals surface area contributed by atoms with Gasteiger partial charge in [0.1, 0.15) is 0 Å². The molecule has 0 atom stereocenters. The molecule has 1 aliphatic carbocycles. The molecular weight excluding hydrogens is 234 g/mol. The van der Waals surface area contributed by atoms with Crippen molar-refractivity contribution >= 4 is 17.4 Å². The zero-order chi connectivity index (χ0) is 12.4. The molecule has 0 bridgehead atoms. The molecule has 1 saturated carbocycles. The SMILES string of the molecule is Cc1cc(C(=O)CCCl)c(C)n1C1CCCC1. The summed E-state index contributed by atoms with van der Waals surface area (Å²) in [4.78, 5) is 11.9. The van der Waals surface area contributed by atoms with Crippen molar-refractivity contribution in [3.05, 3.63) is 23.0 Å². The maximum absolute atomic E-state index is 11.9. The summed E-state index contributed by atoms with van der Waals surface area (Å²) in [5.74, 6) is 0.587. The number of rotatable bonds is 4. The molecule has 0 aromatic carbocycles. The van der Waals surface area contributed by atoms with Gasteiger partial charge in [-0.15, -0.1) is 11.6 Å². The Morgan fingerprint density at radius 2 is 2.06 bits per heavy atom. The second-order valence-electron chi connectivity index (χ2n) is 4.96. The smallest absolute Gasteiger partial charge is 0.165 e. The number of hydrogen-bond donors (Lipinski definition) is 0. The van der Waals surface area contributed by atoms with Crippen molar-refractivity contribution < 1.29 is 4.79 Å². The first-order chi connectivity index (χ1) is 8.15. The Hall–Kier alpha value is -0.760. The van der Waals surface area contributed by atoms with Crippen molar-refractivity contribution in [1.82, 2.24) is 4.57 Å². The van der Waals surface area contributed by atoms with Crippen LogP contribution in [-0.2, 0) is 0 Å². The zero-order valence-corrected chi connectivity index (χ0v) is 11.4. The Bertz CT molecular complexity index is 416. The van der Waals surface area contributed by atoms with Crippen molar-refractivity contribution in [2.24, 2.45) is 0 Å². The number of Topliss-reactive ketones (excluding diaryl/α,β-unsaturated/α-hetero) is 1. The summed E-state index contributed by atoms with van der Waals surface area (Å²) >= 11 is 5.64. The minimum atomic E-state index is 0.178. The fourth-order valence-electron chi connectivity index (χ4n) is 3.00. The first kappa shape index (κ1) is 12.7. The molecule has 2 nitrogen and oxygen atoms in total. The lowest BCUT2D eigenvalue weighted by Crippen LogP contribution is -2.09. The predicted molar refractivity (Wildman–Crippen MR) is 71.1 cm³/mol. The number of carbonyl (C=O) groups excluding carboxylic acids is 1. The van der Waals surface area contributed by atoms with E-state index in [1.165, 1.54) is 31.4 Å². The van der Waals surface area contributed by atoms with Crippen molar-refractivity contribution in [2.75, 3.05) is 5.88 Å². The maximum Gasteiger partial charge on any atom is 0.165 e. The van der Waals surface area contributed by atoms with Gasteiger partial charge in [0.05, 0.1) is 0 Å². The average Bonchev–Trinajstić information content (AvgIpc) is 2.87. The molecule has 0 radical (unpaired) electrons. The summed E-state index contributed by atoms with van der Waals surface area (Å²) in [5.41, 5.74) is 3.21. The van der Waals surface area contributed by atoms with Gasteiger partial charge in [0.25, 0.3) is 0 Å². The highest BCUT2D eigenvalue weighted by atomic mass is 35.5. The topological polar surface area (TPSA) is 22.0 Å². The van der Waals surface area contributed by atoms with E-state index in [2.05, 4.69) is 18.4 Å². The van der Waals surface area contributed by atoms with Crippen molar-refractivity contribution in [2.45, 2.75) is 52.0 Å². The minimum absolute atomic E-state index is 0.178. The Labute approximate surface area is 108 Å². The van der Waals surface area contributed by atoms with Gasteiger partial charge < -0.3 is 4.57 Å². The van der Waals surface area contributed by atoms with Gasteiger partial charge >= 0.3 is 0 Å². The molecule has 94 valence electrons. The van der Waals surface area contributed by atoms with E-state index in [9.17, 15) is 4.79 Å². The van der Waals surface area contributed by atoms with Crippen molar-refractivity contribution in [3.8, 4) is 0 Å². The van der Waals surface area contributed by atoms with Gasteiger partial charge in [0.2, 0.25) is 0 Å². The first-order valence-corrected chi connectivity index (χ1v) is 6.96. The molecule has 1 aromatic heterocycles. The third-order valence-corrected chi connectivity index (χ3v) is 3.99. The highest BCUT2D eigenvalue weighted by Crippen LogP contribution is 2.33. The molecule has 1 aliphatic rings. The van der Waals surface area contributed by atoms with E-state index in [0.717, 1.165) is 11.3 Å². The van der Waals surface area contributed by atoms with Crippen LogP contribution in [0.5, 0.6) is 0 Å². The van der Waals surface area contributed by atoms with Gasteiger partial charge in [-0.1, -0.05) is 12.8 Å². The number of aryl methyl sites for hydroxylation is 1. The lowest BCUT2D eigenvalue weighted by Gasteiger charge is -2.17. The fourth-order valence-corrected chi connectivity index (χ4v) is 3.18. The molecule has 3 heteroatoms. The van der Waals surface area contributed by atoms with Crippen LogP contribution in [0.2, 0.25) is 0 Å². The molecule has 2 rings (SSSR count). The normalized spacial score (nSPS) is 16.6. The Morgan fingerprint density at radius 1 is 1.41 bits per heavy atom. The number of carbonyl (C=O) groups is 1. The number of halogens is 1. The van der Waals surface area contributed by atoms with Crippen LogP contribution in [0.1, 0.15) is 59.9 Å². The first-order valence-electron chi connectivity index (χ1n) is 6.42. The summed E-state index contributed by atoms with van der Waals surface area (Å²) in [6, 6.07) is 2.63. The molecule has 0 amide bonds. The highest BCUT2D eigenvalue weighted by molar-refractivity contribution is 6.19. The molecule has 1 aromatic rings. The Balaban J connectivity index is 2.31. The monoisotopic (exact) mass is 253 g/mol. The summed E-state index contributed by atoms with van der Waals surface area (Å²) in [5, 5.41) is 0. The number of ketones is 1. The molecule has 0 aliphatic heterocycles. The van der Waals surface area contributed by atoms with E-state index in [4.69, 9.17) is 11.6 Å². The number of hydrogen-bond acceptors (Lipinski definition) is 1. The summed E-state index contributed by atoms with van der Waals surface area (Å²) in [7, 11) is 0. The van der Waals surface area contributed by atoms with Crippen LogP contribution in [0, 0.1) is 13.8 Å². The number of nitrogens with zero attached hydrogens (tertiary/aromatic N) is 1. The van der Waals surface area contributed by atoms with Crippen LogP contribution in [0.4, 0.5) is 0 Å². The molecule has 1 heterocycles.